The van der Waals surface area contributed by atoms with Crippen LogP contribution in [0.25, 0.3) is 22.4 Å². The highest BCUT2D eigenvalue weighted by molar-refractivity contribution is 5.83. The van der Waals surface area contributed by atoms with Crippen molar-refractivity contribution < 1.29 is 0 Å². The third-order valence-corrected chi connectivity index (χ3v) is 3.55. The van der Waals surface area contributed by atoms with E-state index in [0.717, 1.165) is 27.9 Å². The third-order valence-electron chi connectivity index (χ3n) is 3.55. The van der Waals surface area contributed by atoms with Crippen LogP contribution >= 0.6 is 0 Å². The zero-order chi connectivity index (χ0) is 15.9. The van der Waals surface area contributed by atoms with Crippen LogP contribution in [0.15, 0.2) is 24.8 Å². The van der Waals surface area contributed by atoms with Crippen LogP contribution < -0.4 is 5.73 Å². The lowest BCUT2D eigenvalue weighted by molar-refractivity contribution is 0.768. The fraction of sp³-hybridized carbons (Fsp3) is 0.200. The molecule has 0 bridgehead atoms. The second-order valence-electron chi connectivity index (χ2n) is 5.14. The van der Waals surface area contributed by atoms with E-state index >= 15 is 0 Å². The number of anilines is 1. The topological polar surface area (TPSA) is 98.3 Å². The summed E-state index contributed by atoms with van der Waals surface area (Å²) in [5.41, 5.74) is 10.5. The van der Waals surface area contributed by atoms with E-state index in [9.17, 15) is 5.26 Å². The molecule has 0 radical (unpaired) electrons. The van der Waals surface area contributed by atoms with E-state index in [2.05, 4.69) is 21.3 Å². The summed E-state index contributed by atoms with van der Waals surface area (Å²) in [6.45, 7) is 1.93. The van der Waals surface area contributed by atoms with Crippen LogP contribution in [0.4, 0.5) is 5.82 Å². The first-order chi connectivity index (χ1) is 10.5. The molecule has 0 amide bonds. The van der Waals surface area contributed by atoms with Gasteiger partial charge in [0.1, 0.15) is 17.5 Å². The quantitative estimate of drug-likeness (QED) is 0.774. The van der Waals surface area contributed by atoms with Gasteiger partial charge in [-0.25, -0.2) is 4.98 Å². The number of nitrogens with zero attached hydrogens (tertiary/aromatic N) is 6. The minimum Gasteiger partial charge on any atom is -0.383 e. The van der Waals surface area contributed by atoms with Gasteiger partial charge in [-0.1, -0.05) is 0 Å². The Balaban J connectivity index is 2.32. The molecule has 110 valence electrons. The third kappa shape index (κ3) is 2.11. The van der Waals surface area contributed by atoms with Gasteiger partial charge in [0.15, 0.2) is 0 Å². The van der Waals surface area contributed by atoms with Crippen LogP contribution in [0.3, 0.4) is 0 Å². The molecule has 0 aliphatic carbocycles. The molecule has 3 heterocycles. The molecule has 7 heteroatoms. The molecule has 0 aromatic carbocycles. The molecule has 3 aromatic rings. The molecule has 7 nitrogen and oxygen atoms in total. The van der Waals surface area contributed by atoms with Gasteiger partial charge in [0.05, 0.1) is 18.1 Å². The number of rotatable bonds is 2. The van der Waals surface area contributed by atoms with Gasteiger partial charge in [-0.2, -0.15) is 15.5 Å². The summed E-state index contributed by atoms with van der Waals surface area (Å²) < 4.78 is 3.39. The van der Waals surface area contributed by atoms with Crippen molar-refractivity contribution in [1.82, 2.24) is 24.5 Å². The summed E-state index contributed by atoms with van der Waals surface area (Å²) in [5.74, 6) is 0.214. The van der Waals surface area contributed by atoms with Crippen molar-refractivity contribution >= 4 is 5.82 Å². The number of aromatic nitrogens is 5. The average Bonchev–Trinajstić information content (AvgIpc) is 3.09. The Morgan fingerprint density at radius 3 is 2.18 bits per heavy atom. The maximum Gasteiger partial charge on any atom is 0.142 e. The Morgan fingerprint density at radius 2 is 1.68 bits per heavy atom. The predicted molar refractivity (Wildman–Crippen MR) is 82.5 cm³/mol. The first-order valence-electron chi connectivity index (χ1n) is 6.69. The molecule has 3 rings (SSSR count). The highest BCUT2D eigenvalue weighted by Crippen LogP contribution is 2.35. The summed E-state index contributed by atoms with van der Waals surface area (Å²) in [6, 6.07) is 2.15. The van der Waals surface area contributed by atoms with Crippen molar-refractivity contribution in [1.29, 1.82) is 5.26 Å². The lowest BCUT2D eigenvalue weighted by atomic mass is 9.95. The molecule has 3 aromatic heterocycles. The van der Waals surface area contributed by atoms with Crippen LogP contribution in [-0.4, -0.2) is 24.5 Å². The van der Waals surface area contributed by atoms with Crippen LogP contribution in [0.2, 0.25) is 0 Å². The summed E-state index contributed by atoms with van der Waals surface area (Å²) >= 11 is 0. The fourth-order valence-electron chi connectivity index (χ4n) is 2.54. The fourth-order valence-corrected chi connectivity index (χ4v) is 2.54. The normalized spacial score (nSPS) is 10.6. The Labute approximate surface area is 127 Å². The largest absolute Gasteiger partial charge is 0.383 e. The molecular formula is C15H15N7. The van der Waals surface area contributed by atoms with Crippen molar-refractivity contribution in [3.05, 3.63) is 35.9 Å². The zero-order valence-electron chi connectivity index (χ0n) is 12.6. The molecule has 0 fully saturated rings. The maximum absolute atomic E-state index is 9.44. The second-order valence-corrected chi connectivity index (χ2v) is 5.14. The minimum absolute atomic E-state index is 0.214. The van der Waals surface area contributed by atoms with E-state index in [1.54, 1.807) is 21.8 Å². The van der Waals surface area contributed by atoms with E-state index in [1.807, 2.05) is 33.4 Å². The first-order valence-corrected chi connectivity index (χ1v) is 6.69. The Hall–Kier alpha value is -3.14. The smallest absolute Gasteiger partial charge is 0.142 e. The van der Waals surface area contributed by atoms with E-state index < -0.39 is 0 Å². The van der Waals surface area contributed by atoms with E-state index in [-0.39, 0.29) is 5.82 Å². The molecule has 0 aliphatic rings. The van der Waals surface area contributed by atoms with Gasteiger partial charge >= 0.3 is 0 Å². The summed E-state index contributed by atoms with van der Waals surface area (Å²) in [4.78, 5) is 4.39. The van der Waals surface area contributed by atoms with Crippen molar-refractivity contribution in [3.63, 3.8) is 0 Å². The standard InChI is InChI=1S/C15H15N7/c1-9-13(10-5-18-21(2)7-10)12(4-16)15(17)20-14(9)11-6-19-22(3)8-11/h5-8H,1-3H3,(H2,17,20). The number of nitrogens with two attached hydrogens (primary N) is 1. The Bertz CT molecular complexity index is 895. The van der Waals surface area contributed by atoms with Gasteiger partial charge < -0.3 is 5.73 Å². The van der Waals surface area contributed by atoms with Crippen LogP contribution in [0, 0.1) is 18.3 Å². The van der Waals surface area contributed by atoms with Gasteiger partial charge in [-0.15, -0.1) is 0 Å². The number of hydrogen-bond donors (Lipinski definition) is 1. The van der Waals surface area contributed by atoms with Crippen LogP contribution in [0.1, 0.15) is 11.1 Å². The van der Waals surface area contributed by atoms with Crippen LogP contribution in [-0.2, 0) is 14.1 Å². The lowest BCUT2D eigenvalue weighted by Crippen LogP contribution is -2.02. The molecular weight excluding hydrogens is 278 g/mol. The summed E-state index contributed by atoms with van der Waals surface area (Å²) in [6.07, 6.45) is 7.17. The summed E-state index contributed by atoms with van der Waals surface area (Å²) in [7, 11) is 3.67. The van der Waals surface area contributed by atoms with Gasteiger partial charge in [0, 0.05) is 43.2 Å². The van der Waals surface area contributed by atoms with E-state index in [4.69, 9.17) is 5.73 Å². The number of hydrogen-bond acceptors (Lipinski definition) is 5. The zero-order valence-corrected chi connectivity index (χ0v) is 12.6. The van der Waals surface area contributed by atoms with Gasteiger partial charge in [-0.05, 0) is 12.5 Å². The molecule has 0 unspecified atom stereocenters. The number of nitriles is 1. The summed E-state index contributed by atoms with van der Waals surface area (Å²) in [5, 5.41) is 17.8. The first kappa shape index (κ1) is 13.8. The molecule has 2 N–H and O–H groups in total. The molecule has 0 spiro atoms. The van der Waals surface area contributed by atoms with Gasteiger partial charge in [0.25, 0.3) is 0 Å². The van der Waals surface area contributed by atoms with Crippen molar-refractivity contribution in [2.24, 2.45) is 14.1 Å². The van der Waals surface area contributed by atoms with Crippen LogP contribution in [0.5, 0.6) is 0 Å². The lowest BCUT2D eigenvalue weighted by Gasteiger charge is -2.12. The SMILES string of the molecule is Cc1c(-c2cnn(C)c2)nc(N)c(C#N)c1-c1cnn(C)c1. The minimum atomic E-state index is 0.214. The van der Waals surface area contributed by atoms with Gasteiger partial charge in [0.2, 0.25) is 0 Å². The number of aryl methyl sites for hydroxylation is 2. The monoisotopic (exact) mass is 293 g/mol. The average molecular weight is 293 g/mol. The molecule has 0 saturated carbocycles. The molecule has 0 atom stereocenters. The van der Waals surface area contributed by atoms with E-state index in [0.29, 0.717) is 5.56 Å². The highest BCUT2D eigenvalue weighted by Gasteiger charge is 2.19. The molecule has 0 saturated heterocycles. The second kappa shape index (κ2) is 5.00. The number of pyridine rings is 1. The predicted octanol–water partition coefficient (Wildman–Crippen LogP) is 1.64. The molecule has 22 heavy (non-hydrogen) atoms. The van der Waals surface area contributed by atoms with Gasteiger partial charge in [-0.3, -0.25) is 9.36 Å². The number of nitrogen functional groups attached to an aromatic ring is 1. The van der Waals surface area contributed by atoms with Crippen molar-refractivity contribution in [3.8, 4) is 28.5 Å². The maximum atomic E-state index is 9.44. The Morgan fingerprint density at radius 1 is 1.09 bits per heavy atom. The van der Waals surface area contributed by atoms with Crippen molar-refractivity contribution in [2.75, 3.05) is 5.73 Å². The van der Waals surface area contributed by atoms with E-state index in [1.165, 1.54) is 0 Å². The Kier molecular flexibility index (Phi) is 3.14. The molecule has 0 aliphatic heterocycles. The van der Waals surface area contributed by atoms with Crippen molar-refractivity contribution in [2.45, 2.75) is 6.92 Å². The highest BCUT2D eigenvalue weighted by atomic mass is 15.2.